The number of aromatic nitrogens is 3. The van der Waals surface area contributed by atoms with Gasteiger partial charge in [-0.3, -0.25) is 9.36 Å². The van der Waals surface area contributed by atoms with Gasteiger partial charge in [0.25, 0.3) is 5.91 Å². The Labute approximate surface area is 163 Å². The summed E-state index contributed by atoms with van der Waals surface area (Å²) in [5, 5.41) is 10.5. The number of carbonyl (C=O) groups is 1. The number of hydrogen-bond donors (Lipinski definition) is 1. The number of hydrogen-bond acceptors (Lipinski definition) is 6. The number of methoxy groups -OCH3 is 2. The number of ether oxygens (including phenoxy) is 3. The molecule has 1 aromatic heterocycles. The lowest BCUT2D eigenvalue weighted by Gasteiger charge is -2.14. The van der Waals surface area contributed by atoms with E-state index in [1.54, 1.807) is 42.5 Å². The molecule has 8 nitrogen and oxygen atoms in total. The summed E-state index contributed by atoms with van der Waals surface area (Å²) in [5.74, 6) is 1.39. The van der Waals surface area contributed by atoms with Gasteiger partial charge in [0.1, 0.15) is 29.9 Å². The van der Waals surface area contributed by atoms with Crippen LogP contribution in [0.5, 0.6) is 17.2 Å². The van der Waals surface area contributed by atoms with E-state index >= 15 is 0 Å². The molecule has 0 saturated heterocycles. The Kier molecular flexibility index (Phi) is 6.11. The number of nitrogens with one attached hydrogen (secondary N) is 1. The van der Waals surface area contributed by atoms with Crippen LogP contribution >= 0.6 is 0 Å². The fraction of sp³-hybridized carbons (Fsp3) is 0.250. The minimum atomic E-state index is -0.319. The largest absolute Gasteiger partial charge is 0.497 e. The van der Waals surface area contributed by atoms with E-state index in [9.17, 15) is 4.79 Å². The van der Waals surface area contributed by atoms with Crippen molar-refractivity contribution < 1.29 is 19.0 Å². The molecule has 3 rings (SSSR count). The topological polar surface area (TPSA) is 87.5 Å². The van der Waals surface area contributed by atoms with Gasteiger partial charge in [0, 0.05) is 6.07 Å². The maximum atomic E-state index is 12.4. The maximum absolute atomic E-state index is 12.4. The van der Waals surface area contributed by atoms with E-state index in [0.29, 0.717) is 22.9 Å². The number of carbonyl (C=O) groups excluding carboxylic acids is 1. The molecular weight excluding hydrogens is 360 g/mol. The van der Waals surface area contributed by atoms with Crippen LogP contribution in [-0.4, -0.2) is 41.5 Å². The Morgan fingerprint density at radius 1 is 1.04 bits per heavy atom. The Morgan fingerprint density at radius 2 is 1.79 bits per heavy atom. The minimum absolute atomic E-state index is 0.166. The minimum Gasteiger partial charge on any atom is -0.497 e. The third kappa shape index (κ3) is 4.40. The lowest BCUT2D eigenvalue weighted by atomic mass is 10.1. The number of anilines is 1. The number of aryl methyl sites for hydroxylation is 1. The molecule has 1 N–H and O–H groups in total. The Balaban J connectivity index is 1.73. The highest BCUT2D eigenvalue weighted by Crippen LogP contribution is 2.29. The smallest absolute Gasteiger partial charge is 0.262 e. The van der Waals surface area contributed by atoms with Gasteiger partial charge >= 0.3 is 0 Å². The van der Waals surface area contributed by atoms with E-state index in [-0.39, 0.29) is 12.5 Å². The quantitative estimate of drug-likeness (QED) is 0.645. The van der Waals surface area contributed by atoms with Crippen LogP contribution in [0.1, 0.15) is 12.5 Å². The molecule has 0 radical (unpaired) electrons. The second-order valence-corrected chi connectivity index (χ2v) is 5.93. The Bertz CT molecular complexity index is 941. The first kappa shape index (κ1) is 19.2. The highest BCUT2D eigenvalue weighted by atomic mass is 16.5. The van der Waals surface area contributed by atoms with Crippen LogP contribution in [0.3, 0.4) is 0 Å². The highest BCUT2D eigenvalue weighted by molar-refractivity contribution is 5.93. The fourth-order valence-corrected chi connectivity index (χ4v) is 2.67. The van der Waals surface area contributed by atoms with Crippen molar-refractivity contribution in [3.05, 3.63) is 54.6 Å². The first-order valence-corrected chi connectivity index (χ1v) is 8.77. The summed E-state index contributed by atoms with van der Waals surface area (Å²) >= 11 is 0. The lowest BCUT2D eigenvalue weighted by Crippen LogP contribution is -2.21. The van der Waals surface area contributed by atoms with Crippen LogP contribution in [0.25, 0.3) is 5.69 Å². The van der Waals surface area contributed by atoms with Crippen LogP contribution in [-0.2, 0) is 11.2 Å². The average Bonchev–Trinajstić information content (AvgIpc) is 3.26. The number of nitrogens with zero attached hydrogens (tertiary/aromatic N) is 3. The molecule has 0 aliphatic rings. The van der Waals surface area contributed by atoms with Crippen molar-refractivity contribution in [2.75, 3.05) is 26.1 Å². The predicted octanol–water partition coefficient (Wildman–Crippen LogP) is 2.86. The molecule has 0 unspecified atom stereocenters. The summed E-state index contributed by atoms with van der Waals surface area (Å²) < 4.78 is 18.0. The second kappa shape index (κ2) is 8.90. The van der Waals surface area contributed by atoms with E-state index in [2.05, 4.69) is 22.4 Å². The zero-order chi connectivity index (χ0) is 19.9. The molecule has 3 aromatic rings. The number of rotatable bonds is 8. The predicted molar refractivity (Wildman–Crippen MR) is 104 cm³/mol. The van der Waals surface area contributed by atoms with Crippen molar-refractivity contribution in [3.63, 3.8) is 0 Å². The summed E-state index contributed by atoms with van der Waals surface area (Å²) in [4.78, 5) is 12.4. The average molecular weight is 382 g/mol. The maximum Gasteiger partial charge on any atom is 0.262 e. The van der Waals surface area contributed by atoms with Gasteiger partial charge in [0.2, 0.25) is 0 Å². The molecule has 1 heterocycles. The van der Waals surface area contributed by atoms with Crippen molar-refractivity contribution in [2.45, 2.75) is 13.3 Å². The van der Waals surface area contributed by atoms with Crippen molar-refractivity contribution in [2.24, 2.45) is 0 Å². The van der Waals surface area contributed by atoms with Gasteiger partial charge in [-0.25, -0.2) is 0 Å². The molecule has 1 amide bonds. The van der Waals surface area contributed by atoms with Crippen LogP contribution < -0.4 is 19.5 Å². The zero-order valence-electron chi connectivity index (χ0n) is 16.0. The van der Waals surface area contributed by atoms with E-state index in [1.165, 1.54) is 7.11 Å². The summed E-state index contributed by atoms with van der Waals surface area (Å²) in [7, 11) is 3.09. The van der Waals surface area contributed by atoms with Crippen LogP contribution in [0.4, 0.5) is 5.69 Å². The van der Waals surface area contributed by atoms with Gasteiger partial charge in [-0.1, -0.05) is 13.0 Å². The van der Waals surface area contributed by atoms with Crippen LogP contribution in [0, 0.1) is 0 Å². The molecule has 0 saturated carbocycles. The molecule has 0 aliphatic heterocycles. The SMILES string of the molecule is CCc1ccc(OCC(=O)Nc2cc(OC)ccc2OC)c(-n2cnnc2)c1. The molecule has 0 fully saturated rings. The van der Waals surface area contributed by atoms with Crippen molar-refractivity contribution in [3.8, 4) is 22.9 Å². The van der Waals surface area contributed by atoms with Crippen molar-refractivity contribution >= 4 is 11.6 Å². The molecule has 2 aromatic carbocycles. The first-order valence-electron chi connectivity index (χ1n) is 8.77. The standard InChI is InChI=1S/C20H22N4O4/c1-4-14-5-7-19(17(9-14)24-12-21-22-13-24)28-11-20(25)23-16-10-15(26-2)6-8-18(16)27-3/h5-10,12-13H,4,11H2,1-3H3,(H,23,25). The molecule has 0 aliphatic carbocycles. The molecule has 8 heteroatoms. The van der Waals surface area contributed by atoms with E-state index < -0.39 is 0 Å². The lowest BCUT2D eigenvalue weighted by molar-refractivity contribution is -0.118. The van der Waals surface area contributed by atoms with Crippen LogP contribution in [0.15, 0.2) is 49.1 Å². The van der Waals surface area contributed by atoms with Crippen LogP contribution in [0.2, 0.25) is 0 Å². The molecular formula is C20H22N4O4. The normalized spacial score (nSPS) is 10.4. The number of amides is 1. The van der Waals surface area contributed by atoms with Crippen molar-refractivity contribution in [1.82, 2.24) is 14.8 Å². The van der Waals surface area contributed by atoms with Gasteiger partial charge < -0.3 is 19.5 Å². The molecule has 0 atom stereocenters. The first-order chi connectivity index (χ1) is 13.6. The zero-order valence-corrected chi connectivity index (χ0v) is 16.0. The third-order valence-electron chi connectivity index (χ3n) is 4.17. The Hall–Kier alpha value is -3.55. The van der Waals surface area contributed by atoms with Gasteiger partial charge in [0.05, 0.1) is 25.6 Å². The van der Waals surface area contributed by atoms with Gasteiger partial charge in [-0.05, 0) is 36.2 Å². The molecule has 28 heavy (non-hydrogen) atoms. The summed E-state index contributed by atoms with van der Waals surface area (Å²) in [5.41, 5.74) is 2.42. The molecule has 0 spiro atoms. The highest BCUT2D eigenvalue weighted by Gasteiger charge is 2.12. The van der Waals surface area contributed by atoms with Crippen molar-refractivity contribution in [1.29, 1.82) is 0 Å². The van der Waals surface area contributed by atoms with Gasteiger partial charge in [-0.15, -0.1) is 10.2 Å². The van der Waals surface area contributed by atoms with E-state index in [4.69, 9.17) is 14.2 Å². The monoisotopic (exact) mass is 382 g/mol. The van der Waals surface area contributed by atoms with E-state index in [1.807, 2.05) is 18.2 Å². The summed E-state index contributed by atoms with van der Waals surface area (Å²) in [6.07, 6.45) is 4.05. The molecule has 146 valence electrons. The third-order valence-corrected chi connectivity index (χ3v) is 4.17. The summed E-state index contributed by atoms with van der Waals surface area (Å²) in [6, 6.07) is 11.0. The Morgan fingerprint density at radius 3 is 2.46 bits per heavy atom. The fourth-order valence-electron chi connectivity index (χ4n) is 2.67. The van der Waals surface area contributed by atoms with Gasteiger partial charge in [0.15, 0.2) is 6.61 Å². The number of benzene rings is 2. The van der Waals surface area contributed by atoms with E-state index in [0.717, 1.165) is 17.7 Å². The second-order valence-electron chi connectivity index (χ2n) is 5.93. The molecule has 0 bridgehead atoms. The van der Waals surface area contributed by atoms with Gasteiger partial charge in [-0.2, -0.15) is 0 Å². The summed E-state index contributed by atoms with van der Waals surface area (Å²) in [6.45, 7) is 1.90.